The number of Topliss-reactive ketones (excluding diaryl/α,β-unsaturated/α-hetero) is 1. The van der Waals surface area contributed by atoms with Gasteiger partial charge in [0.2, 0.25) is 5.78 Å². The molecule has 0 unspecified atom stereocenters. The van der Waals surface area contributed by atoms with E-state index in [0.717, 1.165) is 4.88 Å². The zero-order valence-corrected chi connectivity index (χ0v) is 15.7. The summed E-state index contributed by atoms with van der Waals surface area (Å²) in [5, 5.41) is 0. The molecule has 0 bridgehead atoms. The summed E-state index contributed by atoms with van der Waals surface area (Å²) in [6.07, 6.45) is 0. The van der Waals surface area contributed by atoms with Gasteiger partial charge in [0.15, 0.2) is 6.61 Å². The summed E-state index contributed by atoms with van der Waals surface area (Å²) in [4.78, 5) is 29.8. The highest BCUT2D eigenvalue weighted by molar-refractivity contribution is 7.90. The number of ketones is 1. The first-order valence-corrected chi connectivity index (χ1v) is 10.0. The van der Waals surface area contributed by atoms with Crippen LogP contribution in [0.4, 0.5) is 0 Å². The minimum Gasteiger partial charge on any atom is -0.456 e. The van der Waals surface area contributed by atoms with Crippen LogP contribution in [0.5, 0.6) is 0 Å². The number of benzene rings is 1. The molecule has 3 rings (SSSR count). The van der Waals surface area contributed by atoms with Crippen molar-refractivity contribution in [2.24, 2.45) is 4.99 Å². The van der Waals surface area contributed by atoms with E-state index in [2.05, 4.69) is 9.71 Å². The van der Waals surface area contributed by atoms with Gasteiger partial charge < -0.3 is 4.74 Å². The zero-order valence-electron chi connectivity index (χ0n) is 14.1. The van der Waals surface area contributed by atoms with Crippen molar-refractivity contribution in [1.29, 1.82) is 0 Å². The Balaban J connectivity index is 1.68. The molecule has 1 aromatic heterocycles. The molecule has 9 heteroatoms. The van der Waals surface area contributed by atoms with Gasteiger partial charge in [-0.15, -0.1) is 11.3 Å². The average molecular weight is 392 g/mol. The van der Waals surface area contributed by atoms with E-state index in [1.165, 1.54) is 24.3 Å². The quantitative estimate of drug-likeness (QED) is 0.619. The first-order valence-electron chi connectivity index (χ1n) is 7.74. The molecule has 0 amide bonds. The minimum atomic E-state index is -3.67. The molecule has 0 saturated heterocycles. The van der Waals surface area contributed by atoms with E-state index in [1.54, 1.807) is 24.3 Å². The standard InChI is InChI=1S/C17H16N2O5S2/c1-10-7-8-14(25-10)13(20)9-24-17(21)11(2)18-16-12-5-3-4-6-15(12)26(22,23)19-16/h3-8,11H,9H2,1-2H3,(H,18,19)/t11-/m0/s1. The Labute approximate surface area is 154 Å². The summed E-state index contributed by atoms with van der Waals surface area (Å²) < 4.78 is 31.4. The van der Waals surface area contributed by atoms with Gasteiger partial charge in [0, 0.05) is 10.4 Å². The number of aliphatic imine (C=N–C) groups is 1. The number of nitrogens with one attached hydrogen (secondary N) is 1. The Morgan fingerprint density at radius 1 is 1.23 bits per heavy atom. The predicted octanol–water partition coefficient (Wildman–Crippen LogP) is 1.91. The molecule has 26 heavy (non-hydrogen) atoms. The highest BCUT2D eigenvalue weighted by atomic mass is 32.2. The van der Waals surface area contributed by atoms with E-state index in [-0.39, 0.29) is 23.1 Å². The van der Waals surface area contributed by atoms with Crippen LogP contribution in [0.2, 0.25) is 0 Å². The molecule has 1 N–H and O–H groups in total. The fourth-order valence-electron chi connectivity index (χ4n) is 2.39. The molecular formula is C17H16N2O5S2. The molecule has 0 aliphatic carbocycles. The van der Waals surface area contributed by atoms with Crippen molar-refractivity contribution in [2.45, 2.75) is 24.8 Å². The second kappa shape index (κ2) is 7.00. The van der Waals surface area contributed by atoms with Crippen molar-refractivity contribution in [1.82, 2.24) is 4.72 Å². The number of aryl methyl sites for hydroxylation is 1. The summed E-state index contributed by atoms with van der Waals surface area (Å²) in [6.45, 7) is 2.98. The van der Waals surface area contributed by atoms with Crippen LogP contribution in [-0.2, 0) is 19.6 Å². The molecule has 2 aromatic rings. The highest BCUT2D eigenvalue weighted by Gasteiger charge is 2.31. The average Bonchev–Trinajstić information content (AvgIpc) is 3.14. The third-order valence-corrected chi connectivity index (χ3v) is 6.13. The van der Waals surface area contributed by atoms with Gasteiger partial charge in [-0.2, -0.15) is 0 Å². The van der Waals surface area contributed by atoms with E-state index in [1.807, 2.05) is 13.0 Å². The molecule has 1 atom stereocenters. The lowest BCUT2D eigenvalue weighted by Gasteiger charge is -2.08. The SMILES string of the molecule is Cc1ccc(C(=O)COC(=O)[C@H](C)N=C2NS(=O)(=O)c3ccccc32)s1. The maximum Gasteiger partial charge on any atom is 0.331 e. The number of fused-ring (bicyclic) bond motifs is 1. The van der Waals surface area contributed by atoms with Crippen molar-refractivity contribution in [3.63, 3.8) is 0 Å². The summed E-state index contributed by atoms with van der Waals surface area (Å²) in [7, 11) is -3.67. The second-order valence-electron chi connectivity index (χ2n) is 5.70. The number of rotatable bonds is 5. The van der Waals surface area contributed by atoms with Crippen molar-refractivity contribution in [2.75, 3.05) is 6.61 Å². The molecule has 136 valence electrons. The van der Waals surface area contributed by atoms with E-state index in [4.69, 9.17) is 4.74 Å². The molecule has 0 saturated carbocycles. The Bertz CT molecular complexity index is 1010. The second-order valence-corrected chi connectivity index (χ2v) is 8.64. The van der Waals surface area contributed by atoms with Gasteiger partial charge in [-0.25, -0.2) is 13.2 Å². The lowest BCUT2D eigenvalue weighted by atomic mass is 10.2. The largest absolute Gasteiger partial charge is 0.456 e. The molecule has 0 fully saturated rings. The monoisotopic (exact) mass is 392 g/mol. The van der Waals surface area contributed by atoms with Crippen LogP contribution in [0.15, 0.2) is 46.3 Å². The van der Waals surface area contributed by atoms with Crippen LogP contribution in [0.1, 0.15) is 27.0 Å². The maximum atomic E-state index is 12.1. The maximum absolute atomic E-state index is 12.1. The number of nitrogens with zero attached hydrogens (tertiary/aromatic N) is 1. The van der Waals surface area contributed by atoms with Crippen LogP contribution < -0.4 is 4.72 Å². The van der Waals surface area contributed by atoms with Gasteiger partial charge >= 0.3 is 5.97 Å². The topological polar surface area (TPSA) is 102 Å². The first kappa shape index (κ1) is 18.3. The van der Waals surface area contributed by atoms with E-state index >= 15 is 0 Å². The Hall–Kier alpha value is -2.52. The Morgan fingerprint density at radius 2 is 1.96 bits per heavy atom. The Kier molecular flexibility index (Phi) is 4.92. The van der Waals surface area contributed by atoms with Gasteiger partial charge in [0.25, 0.3) is 10.0 Å². The molecule has 1 aliphatic rings. The Morgan fingerprint density at radius 3 is 2.65 bits per heavy atom. The fraction of sp³-hybridized carbons (Fsp3) is 0.235. The lowest BCUT2D eigenvalue weighted by Crippen LogP contribution is -2.27. The number of hydrogen-bond donors (Lipinski definition) is 1. The lowest BCUT2D eigenvalue weighted by molar-refractivity contribution is -0.143. The zero-order chi connectivity index (χ0) is 18.9. The van der Waals surface area contributed by atoms with E-state index in [0.29, 0.717) is 10.4 Å². The van der Waals surface area contributed by atoms with Crippen molar-refractivity contribution >= 4 is 38.9 Å². The number of esters is 1. The molecule has 7 nitrogen and oxygen atoms in total. The van der Waals surface area contributed by atoms with E-state index in [9.17, 15) is 18.0 Å². The number of carbonyl (C=O) groups is 2. The third kappa shape index (κ3) is 3.68. The number of sulfonamides is 1. The van der Waals surface area contributed by atoms with Gasteiger partial charge in [0.1, 0.15) is 11.9 Å². The normalized spacial score (nSPS) is 17.4. The number of hydrogen-bond acceptors (Lipinski definition) is 7. The van der Waals surface area contributed by atoms with Gasteiger partial charge in [-0.1, -0.05) is 12.1 Å². The number of ether oxygens (including phenoxy) is 1. The third-order valence-electron chi connectivity index (χ3n) is 3.69. The number of carbonyl (C=O) groups excluding carboxylic acids is 2. The molecule has 0 radical (unpaired) electrons. The van der Waals surface area contributed by atoms with Crippen LogP contribution in [-0.4, -0.2) is 38.7 Å². The summed E-state index contributed by atoms with van der Waals surface area (Å²) in [6, 6.07) is 8.90. The minimum absolute atomic E-state index is 0.0882. The van der Waals surface area contributed by atoms with Crippen molar-refractivity contribution < 1.29 is 22.7 Å². The predicted molar refractivity (Wildman–Crippen MR) is 97.1 cm³/mol. The van der Waals surface area contributed by atoms with Crippen LogP contribution >= 0.6 is 11.3 Å². The molecule has 2 heterocycles. The van der Waals surface area contributed by atoms with Crippen molar-refractivity contribution in [3.8, 4) is 0 Å². The summed E-state index contributed by atoms with van der Waals surface area (Å²) >= 11 is 1.33. The van der Waals surface area contributed by atoms with Crippen LogP contribution in [0.25, 0.3) is 0 Å². The van der Waals surface area contributed by atoms with Gasteiger partial charge in [0.05, 0.1) is 9.77 Å². The van der Waals surface area contributed by atoms with Gasteiger partial charge in [-0.3, -0.25) is 14.5 Å². The first-order chi connectivity index (χ1) is 12.3. The van der Waals surface area contributed by atoms with E-state index < -0.39 is 22.0 Å². The number of thiophene rings is 1. The molecule has 1 aromatic carbocycles. The summed E-state index contributed by atoms with van der Waals surface area (Å²) in [5.74, 6) is -0.906. The smallest absolute Gasteiger partial charge is 0.331 e. The number of amidine groups is 1. The summed E-state index contributed by atoms with van der Waals surface area (Å²) in [5.41, 5.74) is 0.400. The van der Waals surface area contributed by atoms with Crippen LogP contribution in [0, 0.1) is 6.92 Å². The highest BCUT2D eigenvalue weighted by Crippen LogP contribution is 2.22. The molecule has 1 aliphatic heterocycles. The molecule has 0 spiro atoms. The van der Waals surface area contributed by atoms with Crippen LogP contribution in [0.3, 0.4) is 0 Å². The molecular weight excluding hydrogens is 376 g/mol. The fourth-order valence-corrected chi connectivity index (χ4v) is 4.42. The van der Waals surface area contributed by atoms with Crippen molar-refractivity contribution in [3.05, 3.63) is 51.7 Å². The van der Waals surface area contributed by atoms with Gasteiger partial charge in [-0.05, 0) is 38.1 Å².